The van der Waals surface area contributed by atoms with E-state index in [4.69, 9.17) is 5.11 Å². The summed E-state index contributed by atoms with van der Waals surface area (Å²) in [6.07, 6.45) is 0. The van der Waals surface area contributed by atoms with Gasteiger partial charge in [-0.05, 0) is 0 Å². The molecule has 0 heterocycles. The third-order valence-electron chi connectivity index (χ3n) is 0.246. The van der Waals surface area contributed by atoms with E-state index in [1.807, 2.05) is 0 Å². The van der Waals surface area contributed by atoms with Crippen LogP contribution in [0.1, 0.15) is 0 Å². The summed E-state index contributed by atoms with van der Waals surface area (Å²) < 4.78 is 21.9. The molecule has 38 valence electrons. The Morgan fingerprint density at radius 1 is 1.67 bits per heavy atom. The first kappa shape index (κ1) is 6.38. The third-order valence-corrected chi connectivity index (χ3v) is 1.28. The van der Waals surface area contributed by atoms with Crippen molar-refractivity contribution in [3.8, 4) is 0 Å². The van der Waals surface area contributed by atoms with E-state index in [0.29, 0.717) is 0 Å². The van der Waals surface area contributed by atoms with Crippen LogP contribution in [0.2, 0.25) is 0 Å². The van der Waals surface area contributed by atoms with E-state index < -0.39 is 21.0 Å². The summed E-state index contributed by atoms with van der Waals surface area (Å²) in [5, 5.41) is 5.29. The zero-order chi connectivity index (χ0) is 4.99. The van der Waals surface area contributed by atoms with Crippen LogP contribution in [0.5, 0.6) is 0 Å². The van der Waals surface area contributed by atoms with Crippen molar-refractivity contribution >= 4 is 15.8 Å². The summed E-state index contributed by atoms with van der Waals surface area (Å²) in [5.41, 5.74) is 0. The van der Waals surface area contributed by atoms with Crippen molar-refractivity contribution in [3.63, 3.8) is 0 Å². The maximum atomic E-state index is 10.9. The SMILES string of the molecule is OC[AsH]C(F)F. The van der Waals surface area contributed by atoms with Gasteiger partial charge < -0.3 is 0 Å². The van der Waals surface area contributed by atoms with Gasteiger partial charge in [0.2, 0.25) is 0 Å². The fourth-order valence-corrected chi connectivity index (χ4v) is 0.359. The van der Waals surface area contributed by atoms with Crippen molar-refractivity contribution in [1.29, 1.82) is 0 Å². The normalized spacial score (nSPS) is 12.0. The molecule has 0 bridgehead atoms. The molecule has 1 nitrogen and oxygen atoms in total. The molecule has 0 rings (SSSR count). The average molecular weight is 158 g/mol. The predicted molar refractivity (Wildman–Crippen MR) is 20.2 cm³/mol. The van der Waals surface area contributed by atoms with Crippen LogP contribution in [-0.2, 0) is 0 Å². The molecule has 1 atom stereocenters. The third kappa shape index (κ3) is 4.38. The number of aliphatic hydroxyl groups is 1. The molecule has 0 saturated carbocycles. The molecule has 0 saturated heterocycles. The zero-order valence-corrected chi connectivity index (χ0v) is 5.09. The van der Waals surface area contributed by atoms with Gasteiger partial charge in [-0.25, -0.2) is 0 Å². The van der Waals surface area contributed by atoms with E-state index in [2.05, 4.69) is 0 Å². The minimum atomic E-state index is -2.23. The van der Waals surface area contributed by atoms with Crippen molar-refractivity contribution in [2.24, 2.45) is 0 Å². The van der Waals surface area contributed by atoms with E-state index in [-0.39, 0.29) is 5.39 Å². The second-order valence-corrected chi connectivity index (χ2v) is 3.10. The van der Waals surface area contributed by atoms with Gasteiger partial charge in [0.05, 0.1) is 0 Å². The second kappa shape index (κ2) is 3.56. The Morgan fingerprint density at radius 3 is 2.17 bits per heavy atom. The van der Waals surface area contributed by atoms with E-state index in [9.17, 15) is 8.78 Å². The van der Waals surface area contributed by atoms with Gasteiger partial charge in [0.1, 0.15) is 0 Å². The summed E-state index contributed by atoms with van der Waals surface area (Å²) in [5.74, 6) is 0. The number of hydrogen-bond acceptors (Lipinski definition) is 1. The summed E-state index contributed by atoms with van der Waals surface area (Å²) in [6.45, 7) is 0. The van der Waals surface area contributed by atoms with Gasteiger partial charge >= 0.3 is 40.2 Å². The molecule has 0 spiro atoms. The second-order valence-electron chi connectivity index (χ2n) is 0.663. The molecule has 0 aromatic rings. The molecule has 0 aliphatic rings. The monoisotopic (exact) mass is 158 g/mol. The van der Waals surface area contributed by atoms with Crippen LogP contribution in [0.25, 0.3) is 0 Å². The van der Waals surface area contributed by atoms with E-state index >= 15 is 0 Å². The van der Waals surface area contributed by atoms with Crippen molar-refractivity contribution in [2.45, 2.75) is 5.21 Å². The first-order valence-electron chi connectivity index (χ1n) is 1.39. The molecule has 6 heavy (non-hydrogen) atoms. The number of halogens is 2. The topological polar surface area (TPSA) is 20.2 Å². The van der Waals surface area contributed by atoms with E-state index in [1.54, 1.807) is 0 Å². The minimum absolute atomic E-state index is 0.294. The first-order chi connectivity index (χ1) is 2.77. The van der Waals surface area contributed by atoms with E-state index in [0.717, 1.165) is 0 Å². The Labute approximate surface area is 41.0 Å². The van der Waals surface area contributed by atoms with Gasteiger partial charge in [0, 0.05) is 0 Å². The molecule has 0 amide bonds. The van der Waals surface area contributed by atoms with Gasteiger partial charge in [0.15, 0.2) is 0 Å². The van der Waals surface area contributed by atoms with Crippen LogP contribution in [0, 0.1) is 0 Å². The molecular formula is C2H5AsF2O. The fraction of sp³-hybridized carbons (Fsp3) is 1.00. The van der Waals surface area contributed by atoms with Gasteiger partial charge in [-0.1, -0.05) is 0 Å². The maximum absolute atomic E-state index is 10.9. The first-order valence-corrected chi connectivity index (χ1v) is 4.09. The Morgan fingerprint density at radius 2 is 2.17 bits per heavy atom. The molecule has 0 radical (unpaired) electrons. The van der Waals surface area contributed by atoms with Crippen LogP contribution in [-0.4, -0.2) is 31.5 Å². The van der Waals surface area contributed by atoms with Crippen molar-refractivity contribution in [2.75, 3.05) is 5.39 Å². The number of hydrogen-bond donors (Lipinski definition) is 1. The van der Waals surface area contributed by atoms with E-state index in [1.165, 1.54) is 0 Å². The van der Waals surface area contributed by atoms with Crippen molar-refractivity contribution in [3.05, 3.63) is 0 Å². The Kier molecular flexibility index (Phi) is 3.79. The summed E-state index contributed by atoms with van der Waals surface area (Å²) in [7, 11) is 0. The van der Waals surface area contributed by atoms with Crippen LogP contribution < -0.4 is 0 Å². The molecule has 1 unspecified atom stereocenters. The molecule has 0 aliphatic carbocycles. The predicted octanol–water partition coefficient (Wildman–Crippen LogP) is -0.405. The van der Waals surface area contributed by atoms with Gasteiger partial charge in [-0.3, -0.25) is 0 Å². The van der Waals surface area contributed by atoms with Crippen molar-refractivity contribution < 1.29 is 13.9 Å². The summed E-state index contributed by atoms with van der Waals surface area (Å²) in [4.78, 5) is 0. The van der Waals surface area contributed by atoms with Gasteiger partial charge in [-0.15, -0.1) is 0 Å². The van der Waals surface area contributed by atoms with Crippen LogP contribution in [0.15, 0.2) is 0 Å². The average Bonchev–Trinajstić information content (AvgIpc) is 1.35. The molecule has 0 aromatic heterocycles. The number of aliphatic hydroxyl groups excluding tert-OH is 1. The summed E-state index contributed by atoms with van der Waals surface area (Å²) >= 11 is -1.32. The molecule has 1 N–H and O–H groups in total. The van der Waals surface area contributed by atoms with Crippen molar-refractivity contribution in [1.82, 2.24) is 0 Å². The zero-order valence-electron chi connectivity index (χ0n) is 2.99. The Hall–Kier alpha value is 0.378. The molecule has 0 aromatic carbocycles. The number of alkyl halides is 2. The quantitative estimate of drug-likeness (QED) is 0.542. The fourth-order valence-electron chi connectivity index (χ4n) is 0.0690. The Balaban J connectivity index is 2.63. The Bertz CT molecular complexity index is 32.7. The molecular weight excluding hydrogens is 153 g/mol. The van der Waals surface area contributed by atoms with Gasteiger partial charge in [0.25, 0.3) is 0 Å². The summed E-state index contributed by atoms with van der Waals surface area (Å²) in [6, 6.07) is 0. The number of rotatable bonds is 2. The van der Waals surface area contributed by atoms with Crippen LogP contribution >= 0.6 is 0 Å². The molecule has 4 heteroatoms. The van der Waals surface area contributed by atoms with Crippen LogP contribution in [0.3, 0.4) is 0 Å². The molecule has 0 aliphatic heterocycles. The molecule has 0 fully saturated rings. The standard InChI is InChI=1S/C2H5AsF2O/c4-2(5)3-1-6/h2-3,6H,1H2. The van der Waals surface area contributed by atoms with Gasteiger partial charge in [-0.2, -0.15) is 0 Å². The van der Waals surface area contributed by atoms with Crippen LogP contribution in [0.4, 0.5) is 8.78 Å².